The third kappa shape index (κ3) is 62.6. The molecule has 0 spiro atoms. The first-order valence-corrected chi connectivity index (χ1v) is 33.9. The average molecular weight is 1120 g/mol. The lowest BCUT2D eigenvalue weighted by Gasteiger charge is -2.26. The molecule has 9 nitrogen and oxygen atoms in total. The fraction of sp³-hybridized carbons (Fsp3) is 0.817. The largest absolute Gasteiger partial charge is 0.545 e. The van der Waals surface area contributed by atoms with E-state index in [1.54, 1.807) is 0 Å². The minimum atomic E-state index is -1.64. The van der Waals surface area contributed by atoms with E-state index >= 15 is 0 Å². The van der Waals surface area contributed by atoms with E-state index in [0.29, 0.717) is 23.9 Å². The summed E-state index contributed by atoms with van der Waals surface area (Å²) in [4.78, 5) is 37.3. The number of aliphatic carboxylic acids is 1. The minimum Gasteiger partial charge on any atom is -0.545 e. The summed E-state index contributed by atoms with van der Waals surface area (Å²) in [5.41, 5.74) is 0. The number of quaternary nitrogens is 1. The number of carbonyl (C=O) groups is 3. The fourth-order valence-electron chi connectivity index (χ4n) is 9.87. The second-order valence-corrected chi connectivity index (χ2v) is 24.1. The normalized spacial score (nSPS) is 13.1. The Morgan fingerprint density at radius 1 is 0.388 bits per heavy atom. The van der Waals surface area contributed by atoms with E-state index in [2.05, 4.69) is 74.6 Å². The molecule has 0 aliphatic rings. The van der Waals surface area contributed by atoms with Gasteiger partial charge in [-0.25, -0.2) is 0 Å². The maximum absolute atomic E-state index is 12.8. The van der Waals surface area contributed by atoms with E-state index < -0.39 is 24.3 Å². The van der Waals surface area contributed by atoms with Gasteiger partial charge in [0.05, 0.1) is 40.3 Å². The number of carboxylic acid groups (broad SMARTS) is 1. The number of hydrogen-bond donors (Lipinski definition) is 0. The first-order valence-electron chi connectivity index (χ1n) is 33.9. The third-order valence-electron chi connectivity index (χ3n) is 15.0. The second kappa shape index (κ2) is 62.0. The summed E-state index contributed by atoms with van der Waals surface area (Å²) in [5, 5.41) is 11.8. The van der Waals surface area contributed by atoms with Crippen molar-refractivity contribution in [1.29, 1.82) is 0 Å². The summed E-state index contributed by atoms with van der Waals surface area (Å²) in [6, 6.07) is 0. The highest BCUT2D eigenvalue weighted by atomic mass is 16.7. The van der Waals surface area contributed by atoms with Crippen molar-refractivity contribution < 1.29 is 42.9 Å². The summed E-state index contributed by atoms with van der Waals surface area (Å²) in [6.07, 6.45) is 77.8. The highest BCUT2D eigenvalue weighted by Gasteiger charge is 2.22. The number of carbonyl (C=O) groups excluding carboxylic acids is 3. The predicted octanol–water partition coefficient (Wildman–Crippen LogP) is 19.4. The molecule has 0 N–H and O–H groups in total. The maximum Gasteiger partial charge on any atom is 0.306 e. The molecule has 466 valence electrons. The molecule has 0 heterocycles. The number of nitrogens with zero attached hydrogens (tertiary/aromatic N) is 1. The highest BCUT2D eigenvalue weighted by Crippen LogP contribution is 2.18. The molecule has 9 heteroatoms. The molecule has 0 aromatic carbocycles. The Morgan fingerprint density at radius 2 is 0.713 bits per heavy atom. The van der Waals surface area contributed by atoms with Gasteiger partial charge in [0.25, 0.3) is 0 Å². The smallest absolute Gasteiger partial charge is 0.306 e. The van der Waals surface area contributed by atoms with Crippen molar-refractivity contribution in [3.63, 3.8) is 0 Å². The zero-order valence-corrected chi connectivity index (χ0v) is 53.2. The number of rotatable bonds is 63. The topological polar surface area (TPSA) is 111 Å². The van der Waals surface area contributed by atoms with Crippen molar-refractivity contribution >= 4 is 17.9 Å². The number of ether oxygens (including phenoxy) is 4. The molecule has 0 aliphatic carbocycles. The van der Waals surface area contributed by atoms with Gasteiger partial charge in [-0.3, -0.25) is 9.59 Å². The van der Waals surface area contributed by atoms with Gasteiger partial charge in [-0.05, 0) is 51.4 Å². The van der Waals surface area contributed by atoms with Gasteiger partial charge in [0.15, 0.2) is 12.4 Å². The molecule has 0 aromatic rings. The van der Waals surface area contributed by atoms with Crippen molar-refractivity contribution in [1.82, 2.24) is 0 Å². The van der Waals surface area contributed by atoms with E-state index in [9.17, 15) is 19.5 Å². The van der Waals surface area contributed by atoms with Crippen molar-refractivity contribution in [2.24, 2.45) is 0 Å². The molecule has 2 unspecified atom stereocenters. The summed E-state index contributed by atoms with van der Waals surface area (Å²) in [6.45, 7) is 4.60. The van der Waals surface area contributed by atoms with E-state index in [4.69, 9.17) is 18.9 Å². The van der Waals surface area contributed by atoms with Crippen molar-refractivity contribution in [2.45, 2.75) is 328 Å². The SMILES string of the molecule is CC/C=C\C/C=C\C/C=C\C/C=C\C/C=C\CCCC(=O)OC(COC(=O)CCCCCCCCCCCCCCCCCCCCCCCCCCCCCCCCCCCCCCCC)COC(OCC[N+](C)(C)C)C(=O)[O-]. The number of hydrogen-bond acceptors (Lipinski definition) is 8. The average Bonchev–Trinajstić information content (AvgIpc) is 3.43. The Bertz CT molecular complexity index is 1500. The monoisotopic (exact) mass is 1120 g/mol. The quantitative estimate of drug-likeness (QED) is 0.0195. The van der Waals surface area contributed by atoms with Gasteiger partial charge in [0.1, 0.15) is 13.2 Å². The summed E-state index contributed by atoms with van der Waals surface area (Å²) in [7, 11) is 5.91. The number of likely N-dealkylation sites (N-methyl/N-ethyl adjacent to an activating group) is 1. The van der Waals surface area contributed by atoms with Gasteiger partial charge in [-0.2, -0.15) is 0 Å². The maximum atomic E-state index is 12.8. The van der Waals surface area contributed by atoms with Crippen LogP contribution in [-0.2, 0) is 33.3 Å². The van der Waals surface area contributed by atoms with Crippen LogP contribution in [0.25, 0.3) is 0 Å². The number of esters is 2. The van der Waals surface area contributed by atoms with Crippen LogP contribution in [0.1, 0.15) is 316 Å². The predicted molar refractivity (Wildman–Crippen MR) is 338 cm³/mol. The third-order valence-corrected chi connectivity index (χ3v) is 15.0. The molecule has 0 aromatic heterocycles. The molecule has 0 bridgehead atoms. The lowest BCUT2D eigenvalue weighted by molar-refractivity contribution is -0.870. The molecule has 0 amide bonds. The molecule has 0 saturated carbocycles. The van der Waals surface area contributed by atoms with E-state index in [0.717, 1.165) is 51.4 Å². The molecule has 0 radical (unpaired) electrons. The fourth-order valence-corrected chi connectivity index (χ4v) is 9.87. The molecule has 0 rings (SSSR count). The van der Waals surface area contributed by atoms with Gasteiger partial charge in [0.2, 0.25) is 0 Å². The number of allylic oxidation sites excluding steroid dienone is 10. The second-order valence-electron chi connectivity index (χ2n) is 24.1. The lowest BCUT2D eigenvalue weighted by Crippen LogP contribution is -2.44. The van der Waals surface area contributed by atoms with Crippen LogP contribution >= 0.6 is 0 Å². The van der Waals surface area contributed by atoms with Crippen molar-refractivity contribution in [3.8, 4) is 0 Å². The lowest BCUT2D eigenvalue weighted by atomic mass is 10.0. The van der Waals surface area contributed by atoms with Crippen LogP contribution in [0.4, 0.5) is 0 Å². The van der Waals surface area contributed by atoms with Gasteiger partial charge < -0.3 is 33.3 Å². The van der Waals surface area contributed by atoms with E-state index in [1.165, 1.54) is 225 Å². The van der Waals surface area contributed by atoms with E-state index in [-0.39, 0.29) is 38.6 Å². The Morgan fingerprint density at radius 3 is 1.05 bits per heavy atom. The van der Waals surface area contributed by atoms with Gasteiger partial charge in [-0.15, -0.1) is 0 Å². The van der Waals surface area contributed by atoms with Crippen LogP contribution in [0.5, 0.6) is 0 Å². The van der Waals surface area contributed by atoms with Crippen molar-refractivity contribution in [2.75, 3.05) is 47.5 Å². The van der Waals surface area contributed by atoms with Crippen LogP contribution in [-0.4, -0.2) is 82.3 Å². The van der Waals surface area contributed by atoms with Gasteiger partial charge in [-0.1, -0.05) is 312 Å². The summed E-state index contributed by atoms with van der Waals surface area (Å²) >= 11 is 0. The molecule has 0 aliphatic heterocycles. The highest BCUT2D eigenvalue weighted by molar-refractivity contribution is 5.70. The zero-order valence-electron chi connectivity index (χ0n) is 53.2. The molecular weight excluding hydrogens is 995 g/mol. The Kier molecular flexibility index (Phi) is 59.7. The first-order chi connectivity index (χ1) is 39.1. The molecule has 80 heavy (non-hydrogen) atoms. The van der Waals surface area contributed by atoms with Crippen LogP contribution in [0.15, 0.2) is 60.8 Å². The number of carboxylic acids is 1. The van der Waals surface area contributed by atoms with Crippen LogP contribution in [0, 0.1) is 0 Å². The Hall–Kier alpha value is -3.01. The van der Waals surface area contributed by atoms with Crippen LogP contribution in [0.3, 0.4) is 0 Å². The Balaban J connectivity index is 3.98. The summed E-state index contributed by atoms with van der Waals surface area (Å²) < 4.78 is 22.7. The van der Waals surface area contributed by atoms with Crippen LogP contribution < -0.4 is 5.11 Å². The Labute approximate surface area is 495 Å². The molecule has 0 fully saturated rings. The summed E-state index contributed by atoms with van der Waals surface area (Å²) in [5.74, 6) is -2.35. The first kappa shape index (κ1) is 77.0. The van der Waals surface area contributed by atoms with Gasteiger partial charge >= 0.3 is 11.9 Å². The van der Waals surface area contributed by atoms with Crippen molar-refractivity contribution in [3.05, 3.63) is 60.8 Å². The van der Waals surface area contributed by atoms with E-state index in [1.807, 2.05) is 21.1 Å². The molecule has 0 saturated heterocycles. The van der Waals surface area contributed by atoms with Crippen LogP contribution in [0.2, 0.25) is 0 Å². The zero-order chi connectivity index (χ0) is 58.3. The standard InChI is InChI=1S/C71H129NO8/c1-6-8-10-12-14-16-18-20-22-24-25-26-27-28-29-30-31-32-33-34-35-36-37-38-39-40-41-42-43-44-46-47-49-51-53-55-57-59-61-68(73)78-65-67(66-79-71(70(75)76)77-64-63-72(3,4)5)80-69(74)62-60-58-56-54-52-50-48-45-23-21-19-17-15-13-11-9-7-2/h9,11,15,17,21,23,48,50,54,56,67,71H,6-8,10,12-14,16,18-20,22,24-47,49,51-53,55,57-66H2,1-5H3/b11-9-,17-15-,23-21-,50-48-,56-54-. The molecule has 2 atom stereocenters. The van der Waals surface area contributed by atoms with Gasteiger partial charge in [0, 0.05) is 12.8 Å². The molecular formula is C71H129NO8. The minimum absolute atomic E-state index is 0.136. The number of unbranched alkanes of at least 4 members (excludes halogenated alkanes) is 38.